The number of aryl methyl sites for hydroxylation is 2. The third-order valence-corrected chi connectivity index (χ3v) is 6.72. The van der Waals surface area contributed by atoms with Gasteiger partial charge in [-0.05, 0) is 80.3 Å². The molecule has 1 fully saturated rings. The molecule has 2 heterocycles. The molecule has 5 rings (SSSR count). The summed E-state index contributed by atoms with van der Waals surface area (Å²) in [5, 5.41) is 7.82. The monoisotopic (exact) mass is 449 g/mol. The number of amides is 2. The lowest BCUT2D eigenvalue weighted by molar-refractivity contribution is 0.0109. The van der Waals surface area contributed by atoms with Crippen molar-refractivity contribution < 1.29 is 18.3 Å². The van der Waals surface area contributed by atoms with E-state index >= 15 is 0 Å². The van der Waals surface area contributed by atoms with Crippen molar-refractivity contribution >= 4 is 17.0 Å². The van der Waals surface area contributed by atoms with Gasteiger partial charge in [-0.3, -0.25) is 0 Å². The largest absolute Gasteiger partial charge is 0.487 e. The van der Waals surface area contributed by atoms with Gasteiger partial charge in [0.05, 0.1) is 0 Å². The Hall–Kier alpha value is -3.35. The predicted octanol–water partition coefficient (Wildman–Crippen LogP) is 5.22. The highest BCUT2D eigenvalue weighted by Gasteiger charge is 2.37. The Kier molecular flexibility index (Phi) is 5.79. The summed E-state index contributed by atoms with van der Waals surface area (Å²) in [7, 11) is 0. The van der Waals surface area contributed by atoms with Crippen LogP contribution in [0.3, 0.4) is 0 Å². The van der Waals surface area contributed by atoms with Gasteiger partial charge in [-0.15, -0.1) is 5.10 Å². The van der Waals surface area contributed by atoms with E-state index in [0.717, 1.165) is 47.9 Å². The summed E-state index contributed by atoms with van der Waals surface area (Å²) in [5.74, 6) is 0.591. The molecule has 0 saturated heterocycles. The summed E-state index contributed by atoms with van der Waals surface area (Å²) in [4.78, 5) is 12.1. The molecule has 7 heteroatoms. The van der Waals surface area contributed by atoms with E-state index in [1.54, 1.807) is 18.2 Å². The van der Waals surface area contributed by atoms with E-state index in [2.05, 4.69) is 21.9 Å². The van der Waals surface area contributed by atoms with Crippen LogP contribution in [0.2, 0.25) is 0 Å². The molecule has 3 aromatic rings. The van der Waals surface area contributed by atoms with Gasteiger partial charge >= 0.3 is 6.03 Å². The number of nitrogens with one attached hydrogen (secondary N) is 2. The molecule has 1 aliphatic heterocycles. The number of halogens is 1. The van der Waals surface area contributed by atoms with Gasteiger partial charge in [-0.25, -0.2) is 14.6 Å². The van der Waals surface area contributed by atoms with Gasteiger partial charge in [0.1, 0.15) is 22.8 Å². The first-order chi connectivity index (χ1) is 16.0. The molecule has 0 bridgehead atoms. The number of benzene rings is 2. The van der Waals surface area contributed by atoms with Crippen LogP contribution in [0.4, 0.5) is 9.18 Å². The van der Waals surface area contributed by atoms with E-state index < -0.39 is 6.03 Å². The molecule has 0 radical (unpaired) electrons. The van der Waals surface area contributed by atoms with Gasteiger partial charge in [-0.1, -0.05) is 18.6 Å². The normalized spacial score (nSPS) is 17.5. The second-order valence-electron chi connectivity index (χ2n) is 9.10. The molecule has 2 amide bonds. The number of hydrogen-bond donors (Lipinski definition) is 2. The summed E-state index contributed by atoms with van der Waals surface area (Å²) in [6.07, 6.45) is 8.08. The average Bonchev–Trinajstić information content (AvgIpc) is 2.82. The summed E-state index contributed by atoms with van der Waals surface area (Å²) >= 11 is 0. The SMILES string of the molecule is Cc1c/c(=N/NC(=O)NCc2ccc(F)cc2)oc2cc3c(cc12)CCC1(CCCCC1)O3. The first-order valence-electron chi connectivity index (χ1n) is 11.6. The number of ether oxygens (including phenoxy) is 1. The van der Waals surface area contributed by atoms with Crippen molar-refractivity contribution in [3.63, 3.8) is 0 Å². The average molecular weight is 450 g/mol. The first-order valence-corrected chi connectivity index (χ1v) is 11.6. The Balaban J connectivity index is 1.33. The molecule has 1 saturated carbocycles. The number of urea groups is 1. The Labute approximate surface area is 191 Å². The molecule has 0 unspecified atom stereocenters. The topological polar surface area (TPSA) is 75.9 Å². The van der Waals surface area contributed by atoms with Crippen molar-refractivity contribution in [2.45, 2.75) is 64.0 Å². The Bertz CT molecular complexity index is 1240. The summed E-state index contributed by atoms with van der Waals surface area (Å²) < 4.78 is 25.5. The van der Waals surface area contributed by atoms with E-state index in [0.29, 0.717) is 11.1 Å². The summed E-state index contributed by atoms with van der Waals surface area (Å²) in [6, 6.07) is 11.4. The molecule has 2 aliphatic rings. The van der Waals surface area contributed by atoms with Crippen molar-refractivity contribution in [3.8, 4) is 5.75 Å². The number of carbonyl (C=O) groups is 1. The van der Waals surface area contributed by atoms with Gasteiger partial charge in [0, 0.05) is 24.1 Å². The summed E-state index contributed by atoms with van der Waals surface area (Å²) in [6.45, 7) is 2.27. The number of hydrogen-bond acceptors (Lipinski definition) is 4. The standard InChI is InChI=1S/C26H28FN3O3/c1-17-13-24(29-30-25(31)28-16-18-5-7-20(27)8-6-18)32-23-15-22-19(14-21(17)23)9-12-26(33-22)10-3-2-4-11-26/h5-8,13-15H,2-4,9-12,16H2,1H3,(H2,28,30,31)/b29-24-. The lowest BCUT2D eigenvalue weighted by Gasteiger charge is -2.41. The minimum Gasteiger partial charge on any atom is -0.487 e. The van der Waals surface area contributed by atoms with Crippen LogP contribution in [0.25, 0.3) is 11.0 Å². The highest BCUT2D eigenvalue weighted by molar-refractivity contribution is 5.82. The predicted molar refractivity (Wildman–Crippen MR) is 123 cm³/mol. The van der Waals surface area contributed by atoms with Crippen molar-refractivity contribution in [2.24, 2.45) is 5.10 Å². The van der Waals surface area contributed by atoms with Crippen LogP contribution < -0.4 is 21.0 Å². The lowest BCUT2D eigenvalue weighted by Crippen LogP contribution is -2.41. The van der Waals surface area contributed by atoms with Crippen molar-refractivity contribution in [3.05, 3.63) is 70.5 Å². The molecule has 6 nitrogen and oxygen atoms in total. The minimum atomic E-state index is -0.472. The molecule has 0 atom stereocenters. The molecular formula is C26H28FN3O3. The summed E-state index contributed by atoms with van der Waals surface area (Å²) in [5.41, 5.74) is 6.45. The maximum atomic E-state index is 13.0. The Morgan fingerprint density at radius 1 is 1.09 bits per heavy atom. The molecular weight excluding hydrogens is 421 g/mol. The van der Waals surface area contributed by atoms with E-state index in [4.69, 9.17) is 9.15 Å². The molecule has 2 aromatic carbocycles. The molecule has 2 N–H and O–H groups in total. The smallest absolute Gasteiger partial charge is 0.335 e. The Morgan fingerprint density at radius 3 is 2.67 bits per heavy atom. The third-order valence-electron chi connectivity index (χ3n) is 6.72. The molecule has 172 valence electrons. The highest BCUT2D eigenvalue weighted by Crippen LogP contribution is 2.43. The maximum Gasteiger partial charge on any atom is 0.335 e. The van der Waals surface area contributed by atoms with Gasteiger partial charge < -0.3 is 14.5 Å². The molecule has 1 spiro atoms. The van der Waals surface area contributed by atoms with E-state index in [9.17, 15) is 9.18 Å². The van der Waals surface area contributed by atoms with Crippen molar-refractivity contribution in [1.82, 2.24) is 10.7 Å². The van der Waals surface area contributed by atoms with E-state index in [-0.39, 0.29) is 18.0 Å². The first kappa shape index (κ1) is 21.5. The fourth-order valence-electron chi connectivity index (χ4n) is 4.87. The quantitative estimate of drug-likeness (QED) is 0.538. The van der Waals surface area contributed by atoms with Crippen LogP contribution in [-0.4, -0.2) is 11.6 Å². The van der Waals surface area contributed by atoms with Gasteiger partial charge in [-0.2, -0.15) is 0 Å². The van der Waals surface area contributed by atoms with Gasteiger partial charge in [0.15, 0.2) is 0 Å². The Morgan fingerprint density at radius 2 is 1.88 bits per heavy atom. The molecule has 33 heavy (non-hydrogen) atoms. The lowest BCUT2D eigenvalue weighted by atomic mass is 9.79. The fraction of sp³-hybridized carbons (Fsp3) is 0.385. The molecule has 1 aliphatic carbocycles. The fourth-order valence-corrected chi connectivity index (χ4v) is 4.87. The van der Waals surface area contributed by atoms with Crippen LogP contribution in [0.1, 0.15) is 55.2 Å². The number of nitrogens with zero attached hydrogens (tertiary/aromatic N) is 1. The van der Waals surface area contributed by atoms with Gasteiger partial charge in [0.2, 0.25) is 5.55 Å². The van der Waals surface area contributed by atoms with Crippen LogP contribution in [0, 0.1) is 12.7 Å². The zero-order valence-corrected chi connectivity index (χ0v) is 18.7. The number of rotatable bonds is 3. The van der Waals surface area contributed by atoms with Crippen LogP contribution in [0.5, 0.6) is 5.75 Å². The number of carbonyl (C=O) groups excluding carboxylic acids is 1. The van der Waals surface area contributed by atoms with Crippen LogP contribution >= 0.6 is 0 Å². The van der Waals surface area contributed by atoms with Crippen molar-refractivity contribution in [2.75, 3.05) is 0 Å². The minimum absolute atomic E-state index is 0.0277. The zero-order chi connectivity index (χ0) is 22.8. The highest BCUT2D eigenvalue weighted by atomic mass is 19.1. The van der Waals surface area contributed by atoms with Crippen LogP contribution in [0.15, 0.2) is 52.0 Å². The van der Waals surface area contributed by atoms with E-state index in [1.165, 1.54) is 37.0 Å². The third kappa shape index (κ3) is 4.72. The van der Waals surface area contributed by atoms with Crippen LogP contribution in [-0.2, 0) is 13.0 Å². The second kappa shape index (κ2) is 8.89. The zero-order valence-electron chi connectivity index (χ0n) is 18.7. The number of fused-ring (bicyclic) bond motifs is 2. The molecule has 1 aromatic heterocycles. The van der Waals surface area contributed by atoms with Gasteiger partial charge in [0.25, 0.3) is 0 Å². The van der Waals surface area contributed by atoms with E-state index in [1.807, 2.05) is 13.0 Å². The second-order valence-corrected chi connectivity index (χ2v) is 9.10. The maximum absolute atomic E-state index is 13.0. The van der Waals surface area contributed by atoms with Crippen molar-refractivity contribution in [1.29, 1.82) is 0 Å².